The minimum atomic E-state index is -0.0701. The number of hydrogen-bond acceptors (Lipinski definition) is 4. The number of aryl methyl sites for hydroxylation is 1. The second kappa shape index (κ2) is 6.02. The molecule has 0 spiro atoms. The Hall–Kier alpha value is -2.53. The minimum absolute atomic E-state index is 0.0701. The van der Waals surface area contributed by atoms with Crippen molar-refractivity contribution in [3.8, 4) is 5.75 Å². The van der Waals surface area contributed by atoms with E-state index in [9.17, 15) is 4.79 Å². The molecule has 0 radical (unpaired) electrons. The van der Waals surface area contributed by atoms with Gasteiger partial charge in [0.05, 0.1) is 24.6 Å². The van der Waals surface area contributed by atoms with Crippen molar-refractivity contribution in [1.29, 1.82) is 0 Å². The lowest BCUT2D eigenvalue weighted by atomic mass is 9.82. The summed E-state index contributed by atoms with van der Waals surface area (Å²) < 4.78 is 5.30. The van der Waals surface area contributed by atoms with Crippen LogP contribution in [0.2, 0.25) is 0 Å². The van der Waals surface area contributed by atoms with Gasteiger partial charge >= 0.3 is 0 Å². The van der Waals surface area contributed by atoms with Gasteiger partial charge in [0.2, 0.25) is 5.91 Å². The molecule has 5 heteroatoms. The third kappa shape index (κ3) is 2.31. The van der Waals surface area contributed by atoms with Gasteiger partial charge in [-0.1, -0.05) is 48.2 Å². The van der Waals surface area contributed by atoms with Crippen molar-refractivity contribution >= 4 is 28.5 Å². The Balaban J connectivity index is 1.69. The number of carbonyl (C=O) groups is 1. The molecular formula is C21H18N2O2S. The van der Waals surface area contributed by atoms with Crippen molar-refractivity contribution in [3.05, 3.63) is 70.8 Å². The van der Waals surface area contributed by atoms with E-state index >= 15 is 0 Å². The third-order valence-electron chi connectivity index (χ3n) is 5.27. The number of hydrogen-bond donors (Lipinski definition) is 0. The standard InChI is InChI=1S/C21H18N2O2S/c1-25-15-9-6-14(7-10-15)20-17-11-8-13-4-2-3-5-16(13)19(17)22-21-23(20)18(24)12-26-21/h2-7,9-10,20H,8,11-12H2,1H3/t20-/m1/s1. The topological polar surface area (TPSA) is 41.9 Å². The van der Waals surface area contributed by atoms with Gasteiger partial charge in [-0.2, -0.15) is 0 Å². The van der Waals surface area contributed by atoms with Crippen molar-refractivity contribution in [3.63, 3.8) is 0 Å². The fourth-order valence-electron chi connectivity index (χ4n) is 4.03. The zero-order valence-corrected chi connectivity index (χ0v) is 15.3. The zero-order valence-electron chi connectivity index (χ0n) is 14.4. The predicted molar refractivity (Wildman–Crippen MR) is 104 cm³/mol. The molecule has 26 heavy (non-hydrogen) atoms. The molecule has 2 heterocycles. The molecule has 1 aliphatic carbocycles. The number of rotatable bonds is 2. The fourth-order valence-corrected chi connectivity index (χ4v) is 4.92. The second-order valence-corrected chi connectivity index (χ2v) is 7.60. The fraction of sp³-hybridized carbons (Fsp3) is 0.238. The molecule has 3 aliphatic rings. The van der Waals surface area contributed by atoms with Crippen molar-refractivity contribution < 1.29 is 9.53 Å². The Labute approximate surface area is 156 Å². The summed E-state index contributed by atoms with van der Waals surface area (Å²) in [7, 11) is 1.67. The molecule has 2 aromatic rings. The van der Waals surface area contributed by atoms with E-state index in [-0.39, 0.29) is 11.9 Å². The average molecular weight is 362 g/mol. The first kappa shape index (κ1) is 15.7. The Morgan fingerprint density at radius 2 is 1.92 bits per heavy atom. The van der Waals surface area contributed by atoms with Gasteiger partial charge in [-0.05, 0) is 41.7 Å². The molecule has 4 nitrogen and oxygen atoms in total. The molecule has 1 saturated heterocycles. The second-order valence-electron chi connectivity index (χ2n) is 6.65. The van der Waals surface area contributed by atoms with Crippen LogP contribution >= 0.6 is 11.8 Å². The number of amides is 1. The summed E-state index contributed by atoms with van der Waals surface area (Å²) in [6.07, 6.45) is 1.91. The number of aliphatic imine (C=N–C) groups is 1. The van der Waals surface area contributed by atoms with Crippen LogP contribution in [0.4, 0.5) is 0 Å². The van der Waals surface area contributed by atoms with Gasteiger partial charge in [-0.3, -0.25) is 9.69 Å². The molecule has 2 aliphatic heterocycles. The van der Waals surface area contributed by atoms with E-state index in [1.165, 1.54) is 28.5 Å². The lowest BCUT2D eigenvalue weighted by Gasteiger charge is -2.37. The zero-order chi connectivity index (χ0) is 17.7. The van der Waals surface area contributed by atoms with Gasteiger partial charge in [0.1, 0.15) is 5.75 Å². The first-order valence-electron chi connectivity index (χ1n) is 8.75. The molecular weight excluding hydrogens is 344 g/mol. The van der Waals surface area contributed by atoms with Crippen LogP contribution in [0, 0.1) is 0 Å². The van der Waals surface area contributed by atoms with Gasteiger partial charge in [0.15, 0.2) is 5.17 Å². The van der Waals surface area contributed by atoms with Crippen LogP contribution in [-0.2, 0) is 11.2 Å². The van der Waals surface area contributed by atoms with Crippen LogP contribution in [0.15, 0.2) is 59.1 Å². The van der Waals surface area contributed by atoms with Crippen LogP contribution in [0.3, 0.4) is 0 Å². The van der Waals surface area contributed by atoms with E-state index in [2.05, 4.69) is 36.4 Å². The largest absolute Gasteiger partial charge is 0.497 e. The summed E-state index contributed by atoms with van der Waals surface area (Å²) in [5, 5.41) is 0.825. The van der Waals surface area contributed by atoms with Crippen molar-refractivity contribution in [2.24, 2.45) is 4.99 Å². The minimum Gasteiger partial charge on any atom is -0.497 e. The van der Waals surface area contributed by atoms with E-state index in [4.69, 9.17) is 9.73 Å². The normalized spacial score (nSPS) is 21.1. The maximum absolute atomic E-state index is 12.6. The highest BCUT2D eigenvalue weighted by atomic mass is 32.2. The maximum atomic E-state index is 12.6. The first-order valence-corrected chi connectivity index (χ1v) is 9.73. The molecule has 1 amide bonds. The molecule has 5 rings (SSSR count). The number of ether oxygens (including phenoxy) is 1. The van der Waals surface area contributed by atoms with Crippen LogP contribution < -0.4 is 4.74 Å². The molecule has 1 fully saturated rings. The van der Waals surface area contributed by atoms with Crippen LogP contribution in [0.25, 0.3) is 5.70 Å². The van der Waals surface area contributed by atoms with Gasteiger partial charge in [0.25, 0.3) is 0 Å². The number of carbonyl (C=O) groups excluding carboxylic acids is 1. The summed E-state index contributed by atoms with van der Waals surface area (Å²) in [6.45, 7) is 0. The molecule has 0 bridgehead atoms. The lowest BCUT2D eigenvalue weighted by molar-refractivity contribution is -0.125. The Morgan fingerprint density at radius 3 is 2.73 bits per heavy atom. The van der Waals surface area contributed by atoms with Gasteiger partial charge < -0.3 is 4.74 Å². The Morgan fingerprint density at radius 1 is 1.12 bits per heavy atom. The number of amidine groups is 1. The summed E-state index contributed by atoms with van der Waals surface area (Å²) in [4.78, 5) is 19.4. The maximum Gasteiger partial charge on any atom is 0.239 e. The quantitative estimate of drug-likeness (QED) is 0.810. The average Bonchev–Trinajstić information content (AvgIpc) is 3.07. The lowest BCUT2D eigenvalue weighted by Crippen LogP contribution is -2.38. The van der Waals surface area contributed by atoms with Gasteiger partial charge in [0, 0.05) is 5.56 Å². The van der Waals surface area contributed by atoms with Crippen LogP contribution in [0.1, 0.15) is 29.2 Å². The van der Waals surface area contributed by atoms with E-state index in [0.29, 0.717) is 5.75 Å². The highest BCUT2D eigenvalue weighted by molar-refractivity contribution is 8.15. The molecule has 0 unspecified atom stereocenters. The van der Waals surface area contributed by atoms with E-state index < -0.39 is 0 Å². The number of fused-ring (bicyclic) bond motifs is 3. The number of methoxy groups -OCH3 is 1. The Bertz CT molecular complexity index is 962. The van der Waals surface area contributed by atoms with E-state index in [1.807, 2.05) is 17.0 Å². The number of benzene rings is 2. The molecule has 130 valence electrons. The van der Waals surface area contributed by atoms with Gasteiger partial charge in [-0.15, -0.1) is 0 Å². The van der Waals surface area contributed by atoms with E-state index in [1.54, 1.807) is 7.11 Å². The van der Waals surface area contributed by atoms with E-state index in [0.717, 1.165) is 35.0 Å². The van der Waals surface area contributed by atoms with Crippen LogP contribution in [-0.4, -0.2) is 28.8 Å². The molecule has 0 aromatic heterocycles. The molecule has 0 saturated carbocycles. The predicted octanol–water partition coefficient (Wildman–Crippen LogP) is 4.04. The monoisotopic (exact) mass is 362 g/mol. The van der Waals surface area contributed by atoms with Crippen molar-refractivity contribution in [1.82, 2.24) is 4.90 Å². The van der Waals surface area contributed by atoms with Crippen molar-refractivity contribution in [2.45, 2.75) is 18.9 Å². The van der Waals surface area contributed by atoms with Crippen LogP contribution in [0.5, 0.6) is 5.75 Å². The highest BCUT2D eigenvalue weighted by Crippen LogP contribution is 2.47. The third-order valence-corrected chi connectivity index (χ3v) is 6.20. The van der Waals surface area contributed by atoms with Crippen molar-refractivity contribution in [2.75, 3.05) is 12.9 Å². The molecule has 2 aromatic carbocycles. The summed E-state index contributed by atoms with van der Waals surface area (Å²) in [5.74, 6) is 1.43. The molecule has 0 N–H and O–H groups in total. The smallest absolute Gasteiger partial charge is 0.239 e. The SMILES string of the molecule is COc1ccc([C@@H]2C3=C(N=C4SCC(=O)N42)c2ccccc2CC3)cc1. The summed E-state index contributed by atoms with van der Waals surface area (Å²) in [6, 6.07) is 16.5. The van der Waals surface area contributed by atoms with Gasteiger partial charge in [-0.25, -0.2) is 4.99 Å². The summed E-state index contributed by atoms with van der Waals surface area (Å²) in [5.41, 5.74) is 5.96. The highest BCUT2D eigenvalue weighted by Gasteiger charge is 2.42. The summed E-state index contributed by atoms with van der Waals surface area (Å²) >= 11 is 1.54. The first-order chi connectivity index (χ1) is 12.8. The number of thioether (sulfide) groups is 1. The Kier molecular flexibility index (Phi) is 3.64. The number of nitrogens with zero attached hydrogens (tertiary/aromatic N) is 2. The molecule has 1 atom stereocenters.